The fraction of sp³-hybridized carbons (Fsp3) is 0.533. The molecule has 0 amide bonds. The molecule has 1 aromatic rings. The van der Waals surface area contributed by atoms with Gasteiger partial charge in [-0.2, -0.15) is 5.26 Å². The van der Waals surface area contributed by atoms with E-state index < -0.39 is 0 Å². The molecular formula is C15H21FN2O. The van der Waals surface area contributed by atoms with Gasteiger partial charge in [-0.15, -0.1) is 0 Å². The maximum atomic E-state index is 13.4. The van der Waals surface area contributed by atoms with Crippen molar-refractivity contribution in [2.75, 3.05) is 6.61 Å². The maximum absolute atomic E-state index is 13.4. The summed E-state index contributed by atoms with van der Waals surface area (Å²) in [7, 11) is 0. The third-order valence-corrected chi connectivity index (χ3v) is 2.90. The number of unbranched alkanes of at least 4 members (excludes halogenated alkanes) is 2. The highest BCUT2D eigenvalue weighted by Gasteiger charge is 2.06. The van der Waals surface area contributed by atoms with Crippen molar-refractivity contribution in [3.8, 4) is 11.8 Å². The van der Waals surface area contributed by atoms with Crippen LogP contribution in [0.2, 0.25) is 0 Å². The Balaban J connectivity index is 2.51. The summed E-state index contributed by atoms with van der Waals surface area (Å²) in [6.07, 6.45) is 3.65. The first-order chi connectivity index (χ1) is 9.15. The van der Waals surface area contributed by atoms with Gasteiger partial charge in [-0.25, -0.2) is 4.39 Å². The quantitative estimate of drug-likeness (QED) is 0.734. The summed E-state index contributed by atoms with van der Waals surface area (Å²) >= 11 is 0. The zero-order valence-electron chi connectivity index (χ0n) is 11.4. The van der Waals surface area contributed by atoms with Gasteiger partial charge in [0.2, 0.25) is 0 Å². The van der Waals surface area contributed by atoms with Gasteiger partial charge in [0.1, 0.15) is 11.6 Å². The molecule has 1 atom stereocenters. The third kappa shape index (κ3) is 6.21. The number of hydrogen-bond donors (Lipinski definition) is 1. The highest BCUT2D eigenvalue weighted by Crippen LogP contribution is 2.18. The molecule has 1 aromatic carbocycles. The maximum Gasteiger partial charge on any atom is 0.127 e. The number of hydrogen-bond acceptors (Lipinski definition) is 3. The minimum atomic E-state index is -0.298. The molecule has 4 heteroatoms. The van der Waals surface area contributed by atoms with Crippen LogP contribution in [0.25, 0.3) is 0 Å². The van der Waals surface area contributed by atoms with Gasteiger partial charge in [-0.1, -0.05) is 6.92 Å². The van der Waals surface area contributed by atoms with Crippen LogP contribution in [-0.4, -0.2) is 12.6 Å². The first kappa shape index (κ1) is 15.5. The molecule has 0 aliphatic heterocycles. The van der Waals surface area contributed by atoms with Crippen molar-refractivity contribution in [1.29, 1.82) is 5.26 Å². The summed E-state index contributed by atoms with van der Waals surface area (Å²) in [5, 5.41) is 8.41. The fourth-order valence-corrected chi connectivity index (χ4v) is 1.77. The van der Waals surface area contributed by atoms with Crippen molar-refractivity contribution in [3.63, 3.8) is 0 Å². The largest absolute Gasteiger partial charge is 0.493 e. The molecule has 0 saturated carbocycles. The van der Waals surface area contributed by atoms with Crippen LogP contribution in [0, 0.1) is 17.1 Å². The van der Waals surface area contributed by atoms with Crippen molar-refractivity contribution in [2.24, 2.45) is 5.73 Å². The van der Waals surface area contributed by atoms with Crippen LogP contribution in [0.1, 0.15) is 38.2 Å². The second kappa shape index (κ2) is 8.49. The van der Waals surface area contributed by atoms with Crippen molar-refractivity contribution in [3.05, 3.63) is 29.6 Å². The first-order valence-electron chi connectivity index (χ1n) is 6.70. The van der Waals surface area contributed by atoms with E-state index in [1.54, 1.807) is 0 Å². The average molecular weight is 264 g/mol. The Bertz CT molecular complexity index is 429. The number of nitriles is 1. The van der Waals surface area contributed by atoms with E-state index >= 15 is 0 Å². The smallest absolute Gasteiger partial charge is 0.127 e. The number of nitrogens with two attached hydrogens (primary N) is 1. The van der Waals surface area contributed by atoms with E-state index in [2.05, 4.69) is 6.07 Å². The van der Waals surface area contributed by atoms with E-state index in [1.807, 2.05) is 13.0 Å². The van der Waals surface area contributed by atoms with Gasteiger partial charge in [0.25, 0.3) is 0 Å². The molecule has 1 unspecified atom stereocenters. The van der Waals surface area contributed by atoms with Gasteiger partial charge in [0.15, 0.2) is 0 Å². The molecule has 0 aromatic heterocycles. The minimum absolute atomic E-state index is 0.0466. The molecule has 0 heterocycles. The monoisotopic (exact) mass is 264 g/mol. The summed E-state index contributed by atoms with van der Waals surface area (Å²) < 4.78 is 18.9. The van der Waals surface area contributed by atoms with Gasteiger partial charge < -0.3 is 10.5 Å². The SMILES string of the molecule is CCC(N)Cc1cc(F)cc(OCCCCC#N)c1. The third-order valence-electron chi connectivity index (χ3n) is 2.90. The van der Waals surface area contributed by atoms with Crippen molar-refractivity contribution in [2.45, 2.75) is 45.1 Å². The molecule has 1 rings (SSSR count). The Morgan fingerprint density at radius 3 is 2.84 bits per heavy atom. The van der Waals surface area contributed by atoms with Crippen molar-refractivity contribution in [1.82, 2.24) is 0 Å². The lowest BCUT2D eigenvalue weighted by Gasteiger charge is -2.11. The fourth-order valence-electron chi connectivity index (χ4n) is 1.77. The van der Waals surface area contributed by atoms with Gasteiger partial charge in [-0.3, -0.25) is 0 Å². The number of nitrogens with zero attached hydrogens (tertiary/aromatic N) is 1. The Morgan fingerprint density at radius 2 is 2.16 bits per heavy atom. The molecule has 0 radical (unpaired) electrons. The van der Waals surface area contributed by atoms with Crippen LogP contribution in [0.15, 0.2) is 18.2 Å². The average Bonchev–Trinajstić information content (AvgIpc) is 2.37. The molecule has 0 bridgehead atoms. The van der Waals surface area contributed by atoms with Crippen LogP contribution < -0.4 is 10.5 Å². The Morgan fingerprint density at radius 1 is 1.37 bits per heavy atom. The Hall–Kier alpha value is -1.60. The predicted molar refractivity (Wildman–Crippen MR) is 73.3 cm³/mol. The molecule has 2 N–H and O–H groups in total. The second-order valence-electron chi connectivity index (χ2n) is 4.63. The highest BCUT2D eigenvalue weighted by atomic mass is 19.1. The number of ether oxygens (including phenoxy) is 1. The first-order valence-corrected chi connectivity index (χ1v) is 6.70. The van der Waals surface area contributed by atoms with E-state index in [4.69, 9.17) is 15.7 Å². The molecule has 0 spiro atoms. The van der Waals surface area contributed by atoms with Crippen molar-refractivity contribution < 1.29 is 9.13 Å². The van der Waals surface area contributed by atoms with E-state index in [0.29, 0.717) is 25.2 Å². The molecule has 104 valence electrons. The minimum Gasteiger partial charge on any atom is -0.493 e. The summed E-state index contributed by atoms with van der Waals surface area (Å²) in [5.74, 6) is 0.239. The molecular weight excluding hydrogens is 243 g/mol. The molecule has 0 aliphatic carbocycles. The van der Waals surface area contributed by atoms with Crippen LogP contribution in [0.3, 0.4) is 0 Å². The summed E-state index contributed by atoms with van der Waals surface area (Å²) in [6.45, 7) is 2.51. The van der Waals surface area contributed by atoms with Crippen LogP contribution in [0.4, 0.5) is 4.39 Å². The lowest BCUT2D eigenvalue weighted by Crippen LogP contribution is -2.21. The van der Waals surface area contributed by atoms with E-state index in [-0.39, 0.29) is 11.9 Å². The summed E-state index contributed by atoms with van der Waals surface area (Å²) in [5.41, 5.74) is 6.73. The molecule has 0 saturated heterocycles. The second-order valence-corrected chi connectivity index (χ2v) is 4.63. The standard InChI is InChI=1S/C15H21FN2O/c1-2-14(18)9-12-8-13(16)11-15(10-12)19-7-5-3-4-6-17/h8,10-11,14H,2-5,7,9,18H2,1H3. The summed E-state index contributed by atoms with van der Waals surface area (Å²) in [4.78, 5) is 0. The lowest BCUT2D eigenvalue weighted by molar-refractivity contribution is 0.305. The molecule has 0 fully saturated rings. The molecule has 3 nitrogen and oxygen atoms in total. The summed E-state index contributed by atoms with van der Waals surface area (Å²) in [6, 6.07) is 6.84. The Labute approximate surface area is 114 Å². The van der Waals surface area contributed by atoms with E-state index in [9.17, 15) is 4.39 Å². The van der Waals surface area contributed by atoms with Crippen LogP contribution in [-0.2, 0) is 6.42 Å². The van der Waals surface area contributed by atoms with Crippen molar-refractivity contribution >= 4 is 0 Å². The molecule has 19 heavy (non-hydrogen) atoms. The topological polar surface area (TPSA) is 59.0 Å². The van der Waals surface area contributed by atoms with E-state index in [0.717, 1.165) is 24.8 Å². The van der Waals surface area contributed by atoms with Crippen LogP contribution in [0.5, 0.6) is 5.75 Å². The highest BCUT2D eigenvalue weighted by molar-refractivity contribution is 5.30. The van der Waals surface area contributed by atoms with Crippen LogP contribution >= 0.6 is 0 Å². The lowest BCUT2D eigenvalue weighted by atomic mass is 10.0. The van der Waals surface area contributed by atoms with Gasteiger partial charge in [-0.05, 0) is 43.4 Å². The Kier molecular flexibility index (Phi) is 6.91. The predicted octanol–water partition coefficient (Wildman–Crippen LogP) is 3.18. The molecule has 0 aliphatic rings. The zero-order chi connectivity index (χ0) is 14.1. The normalized spacial score (nSPS) is 11.9. The number of benzene rings is 1. The zero-order valence-corrected chi connectivity index (χ0v) is 11.4. The number of halogens is 1. The van der Waals surface area contributed by atoms with Gasteiger partial charge >= 0.3 is 0 Å². The van der Waals surface area contributed by atoms with E-state index in [1.165, 1.54) is 12.1 Å². The van der Waals surface area contributed by atoms with Gasteiger partial charge in [0.05, 0.1) is 12.7 Å². The number of rotatable bonds is 8. The van der Waals surface area contributed by atoms with Gasteiger partial charge in [0, 0.05) is 18.5 Å².